The minimum atomic E-state index is -0.370. The lowest BCUT2D eigenvalue weighted by Crippen LogP contribution is -2.18. The summed E-state index contributed by atoms with van der Waals surface area (Å²) in [5, 5.41) is 1.14. The van der Waals surface area contributed by atoms with E-state index < -0.39 is 0 Å². The molecule has 19 heavy (non-hydrogen) atoms. The average molecular weight is 255 g/mol. The van der Waals surface area contributed by atoms with Gasteiger partial charge in [0.1, 0.15) is 11.3 Å². The van der Waals surface area contributed by atoms with Crippen molar-refractivity contribution in [1.29, 1.82) is 0 Å². The van der Waals surface area contributed by atoms with Gasteiger partial charge in [-0.2, -0.15) is 4.99 Å². The average Bonchev–Trinajstić information content (AvgIpc) is 2.97. The molecule has 1 aromatic carbocycles. The van der Waals surface area contributed by atoms with Crippen molar-refractivity contribution in [2.45, 2.75) is 45.1 Å². The molecule has 1 heterocycles. The van der Waals surface area contributed by atoms with Gasteiger partial charge in [0.15, 0.2) is 0 Å². The van der Waals surface area contributed by atoms with Gasteiger partial charge in [-0.15, -0.1) is 0 Å². The second-order valence-electron chi connectivity index (χ2n) is 5.44. The van der Waals surface area contributed by atoms with Crippen molar-refractivity contribution in [1.82, 2.24) is 0 Å². The highest BCUT2D eigenvalue weighted by molar-refractivity contribution is 5.82. The molecule has 0 aliphatic heterocycles. The number of carbonyl (C=O) groups excluding carboxylic acids is 1. The SMILES string of the molecule is Cc1oc2cc(C3(N=C=O)CCCC3)ccc2c1C. The fraction of sp³-hybridized carbons (Fsp3) is 0.438. The molecule has 1 fully saturated rings. The predicted octanol–water partition coefficient (Wildman–Crippen LogP) is 4.15. The largest absolute Gasteiger partial charge is 0.461 e. The van der Waals surface area contributed by atoms with Crippen LogP contribution in [-0.2, 0) is 10.3 Å². The van der Waals surface area contributed by atoms with E-state index >= 15 is 0 Å². The summed E-state index contributed by atoms with van der Waals surface area (Å²) in [6, 6.07) is 6.20. The molecule has 1 aliphatic carbocycles. The minimum Gasteiger partial charge on any atom is -0.461 e. The molecule has 0 N–H and O–H groups in total. The van der Waals surface area contributed by atoms with Crippen LogP contribution in [0.1, 0.15) is 42.6 Å². The van der Waals surface area contributed by atoms with Crippen molar-refractivity contribution in [2.24, 2.45) is 4.99 Å². The maximum Gasteiger partial charge on any atom is 0.235 e. The maximum atomic E-state index is 10.7. The van der Waals surface area contributed by atoms with E-state index in [1.165, 1.54) is 5.56 Å². The summed E-state index contributed by atoms with van der Waals surface area (Å²) in [5.74, 6) is 0.950. The Morgan fingerprint density at radius 2 is 2.00 bits per heavy atom. The van der Waals surface area contributed by atoms with Gasteiger partial charge in [-0.3, -0.25) is 0 Å². The summed E-state index contributed by atoms with van der Waals surface area (Å²) >= 11 is 0. The molecule has 2 aromatic rings. The van der Waals surface area contributed by atoms with Crippen molar-refractivity contribution in [2.75, 3.05) is 0 Å². The molecule has 98 valence electrons. The number of fused-ring (bicyclic) bond motifs is 1. The number of nitrogens with zero attached hydrogens (tertiary/aromatic N) is 1. The number of furan rings is 1. The summed E-state index contributed by atoms with van der Waals surface area (Å²) in [6.45, 7) is 4.04. The van der Waals surface area contributed by atoms with Crippen LogP contribution in [0.2, 0.25) is 0 Å². The number of aryl methyl sites for hydroxylation is 2. The first-order valence-electron chi connectivity index (χ1n) is 6.75. The lowest BCUT2D eigenvalue weighted by atomic mass is 9.88. The Morgan fingerprint density at radius 3 is 2.68 bits per heavy atom. The van der Waals surface area contributed by atoms with E-state index in [4.69, 9.17) is 4.42 Å². The van der Waals surface area contributed by atoms with Crippen LogP contribution in [0.15, 0.2) is 27.6 Å². The van der Waals surface area contributed by atoms with E-state index in [0.717, 1.165) is 48.0 Å². The van der Waals surface area contributed by atoms with Crippen molar-refractivity contribution in [3.8, 4) is 0 Å². The second-order valence-corrected chi connectivity index (χ2v) is 5.44. The summed E-state index contributed by atoms with van der Waals surface area (Å²) in [6.07, 6.45) is 5.83. The summed E-state index contributed by atoms with van der Waals surface area (Å²) in [5.41, 5.74) is 2.78. The zero-order chi connectivity index (χ0) is 13.5. The van der Waals surface area contributed by atoms with Crippen LogP contribution in [0.3, 0.4) is 0 Å². The number of hydrogen-bond donors (Lipinski definition) is 0. The molecule has 3 nitrogen and oxygen atoms in total. The van der Waals surface area contributed by atoms with Gasteiger partial charge in [0, 0.05) is 5.39 Å². The van der Waals surface area contributed by atoms with Crippen molar-refractivity contribution in [3.05, 3.63) is 35.1 Å². The monoisotopic (exact) mass is 255 g/mol. The van der Waals surface area contributed by atoms with E-state index in [1.807, 2.05) is 13.0 Å². The quantitative estimate of drug-likeness (QED) is 0.597. The van der Waals surface area contributed by atoms with E-state index in [0.29, 0.717) is 0 Å². The summed E-state index contributed by atoms with van der Waals surface area (Å²) in [4.78, 5) is 14.9. The first-order valence-corrected chi connectivity index (χ1v) is 6.75. The number of aliphatic imine (C=N–C) groups is 1. The zero-order valence-electron chi connectivity index (χ0n) is 11.3. The summed E-state index contributed by atoms with van der Waals surface area (Å²) in [7, 11) is 0. The van der Waals surface area contributed by atoms with E-state index in [1.54, 1.807) is 6.08 Å². The summed E-state index contributed by atoms with van der Waals surface area (Å²) < 4.78 is 5.78. The van der Waals surface area contributed by atoms with Crippen molar-refractivity contribution < 1.29 is 9.21 Å². The Hall–Kier alpha value is -1.86. The molecule has 0 amide bonds. The van der Waals surface area contributed by atoms with Gasteiger partial charge in [0.25, 0.3) is 0 Å². The lowest BCUT2D eigenvalue weighted by Gasteiger charge is -2.22. The van der Waals surface area contributed by atoms with Gasteiger partial charge in [-0.1, -0.05) is 25.0 Å². The highest BCUT2D eigenvalue weighted by atomic mass is 16.3. The first kappa shape index (κ1) is 12.2. The fourth-order valence-corrected chi connectivity index (χ4v) is 3.15. The number of rotatable bonds is 2. The second kappa shape index (κ2) is 4.36. The third-order valence-electron chi connectivity index (χ3n) is 4.40. The van der Waals surface area contributed by atoms with Gasteiger partial charge in [0.2, 0.25) is 6.08 Å². The van der Waals surface area contributed by atoms with Crippen LogP contribution in [0.4, 0.5) is 0 Å². The number of hydrogen-bond acceptors (Lipinski definition) is 3. The van der Waals surface area contributed by atoms with Crippen LogP contribution >= 0.6 is 0 Å². The molecule has 0 unspecified atom stereocenters. The van der Waals surface area contributed by atoms with E-state index in [2.05, 4.69) is 24.0 Å². The number of isocyanates is 1. The van der Waals surface area contributed by atoms with E-state index in [9.17, 15) is 4.79 Å². The van der Waals surface area contributed by atoms with Crippen molar-refractivity contribution >= 4 is 17.0 Å². The Kier molecular flexibility index (Phi) is 2.79. The van der Waals surface area contributed by atoms with Gasteiger partial charge in [0.05, 0.1) is 5.54 Å². The zero-order valence-corrected chi connectivity index (χ0v) is 11.3. The molecule has 3 rings (SSSR count). The van der Waals surface area contributed by atoms with Crippen LogP contribution in [0.5, 0.6) is 0 Å². The minimum absolute atomic E-state index is 0.370. The molecular weight excluding hydrogens is 238 g/mol. The molecule has 0 spiro atoms. The molecule has 3 heteroatoms. The Bertz CT molecular complexity index is 671. The number of benzene rings is 1. The Morgan fingerprint density at radius 1 is 1.26 bits per heavy atom. The topological polar surface area (TPSA) is 42.6 Å². The normalized spacial score (nSPS) is 17.6. The third kappa shape index (κ3) is 1.82. The highest BCUT2D eigenvalue weighted by Gasteiger charge is 2.36. The highest BCUT2D eigenvalue weighted by Crippen LogP contribution is 2.43. The fourth-order valence-electron chi connectivity index (χ4n) is 3.15. The Balaban J connectivity index is 2.17. The molecule has 1 aromatic heterocycles. The molecule has 0 saturated heterocycles. The predicted molar refractivity (Wildman–Crippen MR) is 74.0 cm³/mol. The molecule has 1 aliphatic rings. The smallest absolute Gasteiger partial charge is 0.235 e. The lowest BCUT2D eigenvalue weighted by molar-refractivity contribution is 0.455. The van der Waals surface area contributed by atoms with Gasteiger partial charge < -0.3 is 4.42 Å². The first-order chi connectivity index (χ1) is 9.16. The maximum absolute atomic E-state index is 10.7. The van der Waals surface area contributed by atoms with Gasteiger partial charge >= 0.3 is 0 Å². The van der Waals surface area contributed by atoms with Crippen molar-refractivity contribution in [3.63, 3.8) is 0 Å². The molecule has 1 saturated carbocycles. The third-order valence-corrected chi connectivity index (χ3v) is 4.40. The van der Waals surface area contributed by atoms with E-state index in [-0.39, 0.29) is 5.54 Å². The molecule has 0 atom stereocenters. The van der Waals surface area contributed by atoms with Crippen LogP contribution in [-0.4, -0.2) is 6.08 Å². The Labute approximate surface area is 112 Å². The van der Waals surface area contributed by atoms with Crippen LogP contribution in [0, 0.1) is 13.8 Å². The standard InChI is InChI=1S/C16H17NO2/c1-11-12(2)19-15-9-13(5-6-14(11)15)16(17-10-18)7-3-4-8-16/h5-6,9H,3-4,7-8H2,1-2H3. The van der Waals surface area contributed by atoms with Gasteiger partial charge in [-0.25, -0.2) is 4.79 Å². The van der Waals surface area contributed by atoms with Crippen LogP contribution in [0.25, 0.3) is 11.0 Å². The molecular formula is C16H17NO2. The molecule has 0 bridgehead atoms. The van der Waals surface area contributed by atoms with Gasteiger partial charge in [-0.05, 0) is 43.9 Å². The van der Waals surface area contributed by atoms with Crippen LogP contribution < -0.4 is 0 Å². The molecule has 0 radical (unpaired) electrons.